The molecule has 0 aromatic carbocycles. The van der Waals surface area contributed by atoms with E-state index in [1.165, 1.54) is 25.3 Å². The van der Waals surface area contributed by atoms with E-state index in [0.717, 1.165) is 0 Å². The summed E-state index contributed by atoms with van der Waals surface area (Å²) in [5.74, 6) is 0.734. The van der Waals surface area contributed by atoms with Gasteiger partial charge in [-0.3, -0.25) is 0 Å². The molecule has 0 radical (unpaired) electrons. The molecule has 0 fully saturated rings. The van der Waals surface area contributed by atoms with Gasteiger partial charge in [-0.1, -0.05) is 46.6 Å². The van der Waals surface area contributed by atoms with E-state index in [9.17, 15) is 4.79 Å². The normalized spacial score (nSPS) is 14.5. The van der Waals surface area contributed by atoms with Gasteiger partial charge >= 0.3 is 5.97 Å². The highest BCUT2D eigenvalue weighted by molar-refractivity contribution is 5.81. The summed E-state index contributed by atoms with van der Waals surface area (Å²) in [5.41, 5.74) is 0. The van der Waals surface area contributed by atoms with Gasteiger partial charge < -0.3 is 4.74 Å². The maximum atomic E-state index is 10.8. The Kier molecular flexibility index (Phi) is 7.17. The molecule has 0 amide bonds. The van der Waals surface area contributed by atoms with Gasteiger partial charge in [0.15, 0.2) is 0 Å². The van der Waals surface area contributed by atoms with Crippen LogP contribution in [0.4, 0.5) is 0 Å². The Morgan fingerprint density at radius 2 is 2.07 bits per heavy atom. The van der Waals surface area contributed by atoms with Crippen LogP contribution in [-0.4, -0.2) is 12.6 Å². The number of hydrogen-bond donors (Lipinski definition) is 0. The zero-order valence-electron chi connectivity index (χ0n) is 9.58. The highest BCUT2D eigenvalue weighted by Gasteiger charge is 2.12. The maximum Gasteiger partial charge on any atom is 0.330 e. The van der Waals surface area contributed by atoms with Crippen molar-refractivity contribution in [1.82, 2.24) is 0 Å². The fourth-order valence-corrected chi connectivity index (χ4v) is 1.25. The van der Waals surface area contributed by atoms with Gasteiger partial charge in [0.25, 0.3) is 0 Å². The lowest BCUT2D eigenvalue weighted by Crippen LogP contribution is -2.16. The first-order valence-corrected chi connectivity index (χ1v) is 5.41. The Hall–Kier alpha value is -0.790. The van der Waals surface area contributed by atoms with Gasteiger partial charge in [0.1, 0.15) is 0 Å². The quantitative estimate of drug-likeness (QED) is 0.464. The van der Waals surface area contributed by atoms with E-state index >= 15 is 0 Å². The molecule has 0 heterocycles. The van der Waals surface area contributed by atoms with Crippen molar-refractivity contribution in [2.45, 2.75) is 40.0 Å². The summed E-state index contributed by atoms with van der Waals surface area (Å²) in [6, 6.07) is 0. The summed E-state index contributed by atoms with van der Waals surface area (Å²) in [5, 5.41) is 0. The lowest BCUT2D eigenvalue weighted by atomic mass is 9.92. The summed E-state index contributed by atoms with van der Waals surface area (Å²) in [7, 11) is 0. The molecule has 0 aliphatic rings. The average Bonchev–Trinajstić information content (AvgIpc) is 2.21. The van der Waals surface area contributed by atoms with Crippen molar-refractivity contribution in [1.29, 1.82) is 0 Å². The Labute approximate surface area is 87.3 Å². The third kappa shape index (κ3) is 5.79. The lowest BCUT2D eigenvalue weighted by Gasteiger charge is -2.18. The van der Waals surface area contributed by atoms with Crippen LogP contribution < -0.4 is 0 Å². The van der Waals surface area contributed by atoms with E-state index in [2.05, 4.69) is 27.4 Å². The van der Waals surface area contributed by atoms with E-state index in [1.54, 1.807) is 0 Å². The molecule has 82 valence electrons. The number of hydrogen-bond acceptors (Lipinski definition) is 2. The van der Waals surface area contributed by atoms with Crippen molar-refractivity contribution >= 4 is 5.97 Å². The molecule has 0 saturated carbocycles. The van der Waals surface area contributed by atoms with Gasteiger partial charge in [0.05, 0.1) is 6.61 Å². The molecule has 2 unspecified atom stereocenters. The van der Waals surface area contributed by atoms with Crippen LogP contribution in [0.5, 0.6) is 0 Å². The molecule has 14 heavy (non-hydrogen) atoms. The van der Waals surface area contributed by atoms with Crippen molar-refractivity contribution in [3.63, 3.8) is 0 Å². The van der Waals surface area contributed by atoms with E-state index in [-0.39, 0.29) is 5.97 Å². The van der Waals surface area contributed by atoms with Crippen molar-refractivity contribution in [2.24, 2.45) is 11.8 Å². The van der Waals surface area contributed by atoms with Crippen LogP contribution in [0.3, 0.4) is 0 Å². The van der Waals surface area contributed by atoms with Gasteiger partial charge in [-0.25, -0.2) is 4.79 Å². The second kappa shape index (κ2) is 7.60. The summed E-state index contributed by atoms with van der Waals surface area (Å²) in [6.45, 7) is 10.4. The number of ether oxygens (including phenoxy) is 1. The predicted molar refractivity (Wildman–Crippen MR) is 59.0 cm³/mol. The van der Waals surface area contributed by atoms with E-state index < -0.39 is 0 Å². The molecule has 0 aliphatic heterocycles. The molecule has 2 heteroatoms. The highest BCUT2D eigenvalue weighted by atomic mass is 16.5. The Morgan fingerprint density at radius 1 is 1.43 bits per heavy atom. The van der Waals surface area contributed by atoms with Gasteiger partial charge in [-0.05, 0) is 11.8 Å². The summed E-state index contributed by atoms with van der Waals surface area (Å²) in [6.07, 6.45) is 4.90. The van der Waals surface area contributed by atoms with Crippen LogP contribution in [0, 0.1) is 11.8 Å². The van der Waals surface area contributed by atoms with Crippen LogP contribution in [0.2, 0.25) is 0 Å². The smallest absolute Gasteiger partial charge is 0.330 e. The average molecular weight is 198 g/mol. The minimum atomic E-state index is -0.320. The first-order valence-electron chi connectivity index (χ1n) is 5.41. The van der Waals surface area contributed by atoms with Gasteiger partial charge in [0, 0.05) is 6.08 Å². The van der Waals surface area contributed by atoms with Crippen LogP contribution in [-0.2, 0) is 9.53 Å². The third-order valence-electron chi connectivity index (χ3n) is 2.64. The highest BCUT2D eigenvalue weighted by Crippen LogP contribution is 2.18. The van der Waals surface area contributed by atoms with Crippen LogP contribution in [0.1, 0.15) is 40.0 Å². The fraction of sp³-hybridized carbons (Fsp3) is 0.750. The molecular weight excluding hydrogens is 176 g/mol. The minimum Gasteiger partial charge on any atom is -0.462 e. The number of carbonyl (C=O) groups is 1. The van der Waals surface area contributed by atoms with E-state index in [4.69, 9.17) is 4.74 Å². The second-order valence-electron chi connectivity index (χ2n) is 3.93. The summed E-state index contributed by atoms with van der Waals surface area (Å²) in [4.78, 5) is 10.8. The summed E-state index contributed by atoms with van der Waals surface area (Å²) < 4.78 is 5.00. The topological polar surface area (TPSA) is 26.3 Å². The van der Waals surface area contributed by atoms with Gasteiger partial charge in [-0.2, -0.15) is 0 Å². The van der Waals surface area contributed by atoms with Crippen LogP contribution >= 0.6 is 0 Å². The largest absolute Gasteiger partial charge is 0.462 e. The number of unbranched alkanes of at least 4 members (excludes halogenated alkanes) is 1. The van der Waals surface area contributed by atoms with E-state index in [1.807, 2.05) is 0 Å². The number of rotatable bonds is 7. The van der Waals surface area contributed by atoms with Crippen molar-refractivity contribution in [3.8, 4) is 0 Å². The lowest BCUT2D eigenvalue weighted by molar-refractivity contribution is -0.139. The second-order valence-corrected chi connectivity index (χ2v) is 3.93. The predicted octanol–water partition coefficient (Wildman–Crippen LogP) is 3.18. The fourth-order valence-electron chi connectivity index (χ4n) is 1.25. The van der Waals surface area contributed by atoms with Crippen molar-refractivity contribution in [2.75, 3.05) is 6.61 Å². The standard InChI is InChI=1S/C12H22O2/c1-5-7-8-10(3)11(4)9-14-12(13)6-2/h6,10-11H,2,5,7-9H2,1,3-4H3. The SMILES string of the molecule is C=CC(=O)OCC(C)C(C)CCCC. The van der Waals surface area contributed by atoms with Crippen molar-refractivity contribution < 1.29 is 9.53 Å². The molecule has 0 spiro atoms. The first kappa shape index (κ1) is 13.2. The molecule has 0 aliphatic carbocycles. The Morgan fingerprint density at radius 3 is 2.57 bits per heavy atom. The third-order valence-corrected chi connectivity index (χ3v) is 2.64. The maximum absolute atomic E-state index is 10.8. The first-order chi connectivity index (χ1) is 6.61. The molecule has 2 nitrogen and oxygen atoms in total. The molecule has 0 bridgehead atoms. The zero-order chi connectivity index (χ0) is 11.0. The summed E-state index contributed by atoms with van der Waals surface area (Å²) >= 11 is 0. The van der Waals surface area contributed by atoms with Crippen molar-refractivity contribution in [3.05, 3.63) is 12.7 Å². The van der Waals surface area contributed by atoms with Crippen LogP contribution in [0.25, 0.3) is 0 Å². The Balaban J connectivity index is 3.65. The molecule has 0 aromatic heterocycles. The van der Waals surface area contributed by atoms with Gasteiger partial charge in [-0.15, -0.1) is 0 Å². The van der Waals surface area contributed by atoms with Crippen LogP contribution in [0.15, 0.2) is 12.7 Å². The minimum absolute atomic E-state index is 0.320. The molecule has 0 N–H and O–H groups in total. The Bertz CT molecular complexity index is 175. The number of esters is 1. The zero-order valence-corrected chi connectivity index (χ0v) is 9.58. The molecule has 0 saturated heterocycles. The van der Waals surface area contributed by atoms with Gasteiger partial charge in [0.2, 0.25) is 0 Å². The molecular formula is C12H22O2. The molecule has 0 aromatic rings. The van der Waals surface area contributed by atoms with E-state index in [0.29, 0.717) is 18.4 Å². The number of carbonyl (C=O) groups excluding carboxylic acids is 1. The monoisotopic (exact) mass is 198 g/mol. The molecule has 0 rings (SSSR count). The molecule has 2 atom stereocenters.